The lowest BCUT2D eigenvalue weighted by molar-refractivity contribution is 0.237. The fraction of sp³-hybridized carbons (Fsp3) is 0.462. The van der Waals surface area contributed by atoms with Crippen LogP contribution in [0.1, 0.15) is 18.4 Å². The van der Waals surface area contributed by atoms with Gasteiger partial charge in [-0.2, -0.15) is 5.26 Å². The van der Waals surface area contributed by atoms with Crippen molar-refractivity contribution in [2.45, 2.75) is 12.8 Å². The van der Waals surface area contributed by atoms with E-state index in [1.807, 2.05) is 0 Å². The maximum atomic E-state index is 8.99. The highest BCUT2D eigenvalue weighted by Crippen LogP contribution is 2.25. The lowest BCUT2D eigenvalue weighted by Crippen LogP contribution is -2.25. The van der Waals surface area contributed by atoms with E-state index in [1.165, 1.54) is 12.8 Å². The molecule has 17 heavy (non-hydrogen) atoms. The van der Waals surface area contributed by atoms with Crippen molar-refractivity contribution < 1.29 is 4.74 Å². The number of halogens is 1. The summed E-state index contributed by atoms with van der Waals surface area (Å²) in [7, 11) is 0. The van der Waals surface area contributed by atoms with Gasteiger partial charge in [0, 0.05) is 6.54 Å². The van der Waals surface area contributed by atoms with Gasteiger partial charge in [0.2, 0.25) is 0 Å². The predicted octanol–water partition coefficient (Wildman–Crippen LogP) is 2.69. The smallest absolute Gasteiger partial charge is 0.138 e. The second-order valence-corrected chi connectivity index (χ2v) is 4.53. The molecule has 0 bridgehead atoms. The Morgan fingerprint density at radius 2 is 2.12 bits per heavy atom. The molecule has 1 fully saturated rings. The van der Waals surface area contributed by atoms with Crippen LogP contribution in [-0.2, 0) is 0 Å². The molecule has 0 radical (unpaired) electrons. The van der Waals surface area contributed by atoms with Gasteiger partial charge in [-0.05, 0) is 38.1 Å². The van der Waals surface area contributed by atoms with Crippen molar-refractivity contribution in [2.24, 2.45) is 0 Å². The number of rotatable bonds is 4. The highest BCUT2D eigenvalue weighted by atomic mass is 35.5. The maximum Gasteiger partial charge on any atom is 0.138 e. The lowest BCUT2D eigenvalue weighted by Gasteiger charge is -2.15. The highest BCUT2D eigenvalue weighted by molar-refractivity contribution is 6.31. The van der Waals surface area contributed by atoms with Crippen LogP contribution in [0.15, 0.2) is 18.2 Å². The largest absolute Gasteiger partial charge is 0.491 e. The summed E-state index contributed by atoms with van der Waals surface area (Å²) in [4.78, 5) is 2.37. The van der Waals surface area contributed by atoms with E-state index in [4.69, 9.17) is 21.6 Å². The minimum absolute atomic E-state index is 0.426. The van der Waals surface area contributed by atoms with E-state index < -0.39 is 0 Å². The second-order valence-electron chi connectivity index (χ2n) is 4.12. The van der Waals surface area contributed by atoms with Crippen molar-refractivity contribution in [2.75, 3.05) is 26.2 Å². The van der Waals surface area contributed by atoms with Crippen LogP contribution >= 0.6 is 11.6 Å². The Morgan fingerprint density at radius 3 is 2.82 bits per heavy atom. The fourth-order valence-corrected chi connectivity index (χ4v) is 2.23. The molecular weight excluding hydrogens is 236 g/mol. The third-order valence-electron chi connectivity index (χ3n) is 2.95. The van der Waals surface area contributed by atoms with Crippen molar-refractivity contribution in [3.63, 3.8) is 0 Å². The number of ether oxygens (including phenoxy) is 1. The van der Waals surface area contributed by atoms with Gasteiger partial charge in [0.25, 0.3) is 0 Å². The third-order valence-corrected chi connectivity index (χ3v) is 3.27. The van der Waals surface area contributed by atoms with Crippen LogP contribution in [0.3, 0.4) is 0 Å². The summed E-state index contributed by atoms with van der Waals surface area (Å²) in [6.07, 6.45) is 2.56. The van der Waals surface area contributed by atoms with Gasteiger partial charge in [-0.25, -0.2) is 0 Å². The average molecular weight is 251 g/mol. The molecule has 4 heteroatoms. The predicted molar refractivity (Wildman–Crippen MR) is 67.3 cm³/mol. The maximum absolute atomic E-state index is 8.99. The summed E-state index contributed by atoms with van der Waals surface area (Å²) >= 11 is 5.92. The summed E-state index contributed by atoms with van der Waals surface area (Å²) in [5, 5.41) is 9.44. The van der Waals surface area contributed by atoms with Crippen molar-refractivity contribution in [3.05, 3.63) is 28.8 Å². The van der Waals surface area contributed by atoms with Crippen LogP contribution in [0, 0.1) is 11.3 Å². The molecule has 1 aliphatic heterocycles. The fourth-order valence-electron chi connectivity index (χ4n) is 2.02. The molecule has 0 N–H and O–H groups in total. The minimum atomic E-state index is 0.426. The lowest BCUT2D eigenvalue weighted by atomic mass is 10.2. The zero-order valence-electron chi connectivity index (χ0n) is 9.66. The Kier molecular flexibility index (Phi) is 4.24. The number of hydrogen-bond acceptors (Lipinski definition) is 3. The van der Waals surface area contributed by atoms with E-state index in [2.05, 4.69) is 11.0 Å². The topological polar surface area (TPSA) is 36.3 Å². The number of benzene rings is 1. The Hall–Kier alpha value is -1.24. The zero-order chi connectivity index (χ0) is 12.1. The number of hydrogen-bond donors (Lipinski definition) is 0. The van der Waals surface area contributed by atoms with Crippen LogP contribution in [0.5, 0.6) is 5.75 Å². The van der Waals surface area contributed by atoms with Crippen LogP contribution in [0.2, 0.25) is 5.02 Å². The zero-order valence-corrected chi connectivity index (χ0v) is 10.4. The van der Waals surface area contributed by atoms with Gasteiger partial charge >= 0.3 is 0 Å². The van der Waals surface area contributed by atoms with Gasteiger partial charge in [-0.1, -0.05) is 17.7 Å². The summed E-state index contributed by atoms with van der Waals surface area (Å²) in [5.41, 5.74) is 0.426. The van der Waals surface area contributed by atoms with Gasteiger partial charge in [-0.3, -0.25) is 4.90 Å². The van der Waals surface area contributed by atoms with Crippen molar-refractivity contribution in [3.8, 4) is 11.8 Å². The van der Waals surface area contributed by atoms with Crippen LogP contribution < -0.4 is 4.74 Å². The molecule has 0 spiro atoms. The normalized spacial score (nSPS) is 15.8. The van der Waals surface area contributed by atoms with Gasteiger partial charge in [-0.15, -0.1) is 0 Å². The van der Waals surface area contributed by atoms with E-state index in [0.717, 1.165) is 19.6 Å². The molecule has 1 saturated heterocycles. The van der Waals surface area contributed by atoms with Crippen molar-refractivity contribution >= 4 is 11.6 Å². The summed E-state index contributed by atoms with van der Waals surface area (Å²) in [6.45, 7) is 3.83. The molecule has 0 amide bonds. The quantitative estimate of drug-likeness (QED) is 0.824. The van der Waals surface area contributed by atoms with Gasteiger partial charge in [0.05, 0.1) is 5.02 Å². The van der Waals surface area contributed by atoms with Crippen LogP contribution in [0.25, 0.3) is 0 Å². The highest BCUT2D eigenvalue weighted by Gasteiger charge is 2.12. The molecule has 90 valence electrons. The van der Waals surface area contributed by atoms with Crippen molar-refractivity contribution in [1.29, 1.82) is 5.26 Å². The molecule has 0 aliphatic carbocycles. The van der Waals surface area contributed by atoms with E-state index in [9.17, 15) is 0 Å². The molecule has 0 unspecified atom stereocenters. The summed E-state index contributed by atoms with van der Waals surface area (Å²) in [6, 6.07) is 7.36. The first kappa shape index (κ1) is 12.2. The molecule has 3 nitrogen and oxygen atoms in total. The molecule has 0 aromatic heterocycles. The molecular formula is C13H15ClN2O. The Morgan fingerprint density at radius 1 is 1.35 bits per heavy atom. The third kappa shape index (κ3) is 3.12. The minimum Gasteiger partial charge on any atom is -0.491 e. The van der Waals surface area contributed by atoms with E-state index in [-0.39, 0.29) is 0 Å². The Bertz CT molecular complexity index is 422. The number of nitriles is 1. The SMILES string of the molecule is N#Cc1c(Cl)cccc1OCCN1CCCC1. The van der Waals surface area contributed by atoms with Gasteiger partial charge in [0.1, 0.15) is 24.0 Å². The average Bonchev–Trinajstić information content (AvgIpc) is 2.82. The Labute approximate surface area is 107 Å². The molecule has 0 atom stereocenters. The molecule has 0 saturated carbocycles. The van der Waals surface area contributed by atoms with E-state index in [1.54, 1.807) is 18.2 Å². The van der Waals surface area contributed by atoms with Crippen LogP contribution in [-0.4, -0.2) is 31.1 Å². The number of likely N-dealkylation sites (tertiary alicyclic amines) is 1. The molecule has 1 aromatic rings. The molecule has 1 aliphatic rings. The summed E-state index contributed by atoms with van der Waals surface area (Å²) < 4.78 is 5.62. The molecule has 1 aromatic carbocycles. The van der Waals surface area contributed by atoms with E-state index >= 15 is 0 Å². The second kappa shape index (κ2) is 5.90. The molecule has 2 rings (SSSR count). The summed E-state index contributed by atoms with van der Waals surface area (Å²) in [5.74, 6) is 0.583. The standard InChI is InChI=1S/C13H15ClN2O/c14-12-4-3-5-13(11(12)10-15)17-9-8-16-6-1-2-7-16/h3-5H,1-2,6-9H2. The Balaban J connectivity index is 1.90. The van der Waals surface area contributed by atoms with E-state index in [0.29, 0.717) is 22.9 Å². The first-order valence-corrected chi connectivity index (χ1v) is 6.23. The van der Waals surface area contributed by atoms with Gasteiger partial charge < -0.3 is 4.74 Å². The first-order chi connectivity index (χ1) is 8.31. The molecule has 1 heterocycles. The monoisotopic (exact) mass is 250 g/mol. The van der Waals surface area contributed by atoms with Gasteiger partial charge in [0.15, 0.2) is 0 Å². The van der Waals surface area contributed by atoms with Crippen LogP contribution in [0.4, 0.5) is 0 Å². The number of nitrogens with zero attached hydrogens (tertiary/aromatic N) is 2. The van der Waals surface area contributed by atoms with Crippen molar-refractivity contribution in [1.82, 2.24) is 4.90 Å². The first-order valence-electron chi connectivity index (χ1n) is 5.85.